The summed E-state index contributed by atoms with van der Waals surface area (Å²) < 4.78 is 2.19. The molecule has 0 amide bonds. The van der Waals surface area contributed by atoms with Gasteiger partial charge in [-0.2, -0.15) is 11.8 Å². The standard InChI is InChI=1S/C16H27N3S/c1-3-11-19-15(17)14(10-7-12-20-2)18-16(19)13-8-5-4-6-9-13/h3,13H,1,4-12,17H2,2H3. The summed E-state index contributed by atoms with van der Waals surface area (Å²) in [5.41, 5.74) is 7.42. The van der Waals surface area contributed by atoms with Gasteiger partial charge in [-0.05, 0) is 37.7 Å². The highest BCUT2D eigenvalue weighted by molar-refractivity contribution is 7.98. The number of imidazole rings is 1. The maximum absolute atomic E-state index is 6.32. The van der Waals surface area contributed by atoms with Crippen molar-refractivity contribution in [3.63, 3.8) is 0 Å². The molecule has 20 heavy (non-hydrogen) atoms. The molecule has 1 aromatic heterocycles. The SMILES string of the molecule is C=CCn1c(C2CCCCC2)nc(CCCSC)c1N. The predicted octanol–water partition coefficient (Wildman–Crippen LogP) is 3.99. The molecule has 1 heterocycles. The number of nitrogens with two attached hydrogens (primary N) is 1. The van der Waals surface area contributed by atoms with Gasteiger partial charge in [0.05, 0.1) is 5.69 Å². The van der Waals surface area contributed by atoms with Gasteiger partial charge in [0.1, 0.15) is 11.6 Å². The Bertz CT molecular complexity index is 433. The molecule has 1 saturated carbocycles. The summed E-state index contributed by atoms with van der Waals surface area (Å²) in [6.07, 6.45) is 12.8. The molecule has 0 saturated heterocycles. The fourth-order valence-electron chi connectivity index (χ4n) is 3.10. The largest absolute Gasteiger partial charge is 0.384 e. The summed E-state index contributed by atoms with van der Waals surface area (Å²) in [6, 6.07) is 0. The summed E-state index contributed by atoms with van der Waals surface area (Å²) in [5.74, 6) is 3.85. The number of hydrogen-bond donors (Lipinski definition) is 1. The molecule has 2 rings (SSSR count). The van der Waals surface area contributed by atoms with Crippen molar-refractivity contribution in [3.05, 3.63) is 24.2 Å². The Labute approximate surface area is 127 Å². The molecule has 0 unspecified atom stereocenters. The van der Waals surface area contributed by atoms with E-state index in [-0.39, 0.29) is 0 Å². The Kier molecular flexibility index (Phi) is 6.02. The van der Waals surface area contributed by atoms with Crippen LogP contribution in [0.2, 0.25) is 0 Å². The van der Waals surface area contributed by atoms with Crippen LogP contribution in [-0.4, -0.2) is 21.6 Å². The van der Waals surface area contributed by atoms with Gasteiger partial charge in [-0.15, -0.1) is 6.58 Å². The molecule has 1 aliphatic rings. The van der Waals surface area contributed by atoms with E-state index in [2.05, 4.69) is 17.4 Å². The van der Waals surface area contributed by atoms with E-state index in [1.165, 1.54) is 43.7 Å². The number of aryl methyl sites for hydroxylation is 1. The number of nitrogen functional groups attached to an aromatic ring is 1. The summed E-state index contributed by atoms with van der Waals surface area (Å²) in [4.78, 5) is 4.90. The molecular weight excluding hydrogens is 266 g/mol. The molecule has 2 N–H and O–H groups in total. The summed E-state index contributed by atoms with van der Waals surface area (Å²) in [5, 5.41) is 0. The van der Waals surface area contributed by atoms with Crippen LogP contribution in [0, 0.1) is 0 Å². The third-order valence-corrected chi connectivity index (χ3v) is 4.85. The van der Waals surface area contributed by atoms with E-state index < -0.39 is 0 Å². The van der Waals surface area contributed by atoms with Gasteiger partial charge in [-0.25, -0.2) is 4.98 Å². The number of allylic oxidation sites excluding steroid dienone is 1. The maximum Gasteiger partial charge on any atom is 0.127 e. The average Bonchev–Trinajstić information content (AvgIpc) is 2.78. The Morgan fingerprint density at radius 1 is 1.40 bits per heavy atom. The highest BCUT2D eigenvalue weighted by Crippen LogP contribution is 2.34. The van der Waals surface area contributed by atoms with E-state index in [0.29, 0.717) is 5.92 Å². The van der Waals surface area contributed by atoms with Crippen LogP contribution in [0.4, 0.5) is 5.82 Å². The number of aromatic nitrogens is 2. The second-order valence-corrected chi connectivity index (χ2v) is 6.62. The molecule has 0 atom stereocenters. The van der Waals surface area contributed by atoms with Gasteiger partial charge in [-0.1, -0.05) is 25.3 Å². The van der Waals surface area contributed by atoms with Gasteiger partial charge in [0.2, 0.25) is 0 Å². The fourth-order valence-corrected chi connectivity index (χ4v) is 3.53. The quantitative estimate of drug-likeness (QED) is 0.610. The minimum absolute atomic E-state index is 0.598. The van der Waals surface area contributed by atoms with E-state index in [1.54, 1.807) is 0 Å². The van der Waals surface area contributed by atoms with Crippen molar-refractivity contribution in [1.82, 2.24) is 9.55 Å². The maximum atomic E-state index is 6.32. The van der Waals surface area contributed by atoms with Gasteiger partial charge in [0.25, 0.3) is 0 Å². The molecule has 0 aliphatic heterocycles. The smallest absolute Gasteiger partial charge is 0.127 e. The van der Waals surface area contributed by atoms with E-state index >= 15 is 0 Å². The summed E-state index contributed by atoms with van der Waals surface area (Å²) >= 11 is 1.88. The number of anilines is 1. The number of nitrogens with zero attached hydrogens (tertiary/aromatic N) is 2. The van der Waals surface area contributed by atoms with Gasteiger partial charge in [-0.3, -0.25) is 0 Å². The minimum Gasteiger partial charge on any atom is -0.384 e. The van der Waals surface area contributed by atoms with E-state index in [0.717, 1.165) is 30.9 Å². The molecule has 0 aromatic carbocycles. The molecular formula is C16H27N3S. The van der Waals surface area contributed by atoms with E-state index in [1.807, 2.05) is 17.8 Å². The lowest BCUT2D eigenvalue weighted by molar-refractivity contribution is 0.419. The van der Waals surface area contributed by atoms with Crippen molar-refractivity contribution in [2.24, 2.45) is 0 Å². The van der Waals surface area contributed by atoms with E-state index in [9.17, 15) is 0 Å². The van der Waals surface area contributed by atoms with Crippen LogP contribution in [0.3, 0.4) is 0 Å². The average molecular weight is 293 g/mol. The van der Waals surface area contributed by atoms with Crippen molar-refractivity contribution in [1.29, 1.82) is 0 Å². The first kappa shape index (κ1) is 15.5. The van der Waals surface area contributed by atoms with Crippen LogP contribution in [0.5, 0.6) is 0 Å². The van der Waals surface area contributed by atoms with Crippen molar-refractivity contribution in [3.8, 4) is 0 Å². The van der Waals surface area contributed by atoms with E-state index in [4.69, 9.17) is 10.7 Å². The number of hydrogen-bond acceptors (Lipinski definition) is 3. The van der Waals surface area contributed by atoms with Crippen LogP contribution in [0.25, 0.3) is 0 Å². The van der Waals surface area contributed by atoms with Crippen LogP contribution in [0.15, 0.2) is 12.7 Å². The topological polar surface area (TPSA) is 43.8 Å². The molecule has 112 valence electrons. The zero-order valence-corrected chi connectivity index (χ0v) is 13.4. The highest BCUT2D eigenvalue weighted by atomic mass is 32.2. The molecule has 0 radical (unpaired) electrons. The second-order valence-electron chi connectivity index (χ2n) is 5.63. The lowest BCUT2D eigenvalue weighted by Crippen LogP contribution is -2.13. The zero-order valence-electron chi connectivity index (χ0n) is 12.6. The first-order chi connectivity index (χ1) is 9.77. The lowest BCUT2D eigenvalue weighted by atomic mass is 9.88. The van der Waals surface area contributed by atoms with Crippen LogP contribution in [-0.2, 0) is 13.0 Å². The van der Waals surface area contributed by atoms with Crippen LogP contribution < -0.4 is 5.73 Å². The van der Waals surface area contributed by atoms with Gasteiger partial charge in [0.15, 0.2) is 0 Å². The predicted molar refractivity (Wildman–Crippen MR) is 89.4 cm³/mol. The molecule has 1 fully saturated rings. The molecule has 0 bridgehead atoms. The zero-order chi connectivity index (χ0) is 14.4. The van der Waals surface area contributed by atoms with Gasteiger partial charge >= 0.3 is 0 Å². The highest BCUT2D eigenvalue weighted by Gasteiger charge is 2.23. The summed E-state index contributed by atoms with van der Waals surface area (Å²) in [7, 11) is 0. The monoisotopic (exact) mass is 293 g/mol. The fraction of sp³-hybridized carbons (Fsp3) is 0.688. The molecule has 1 aromatic rings. The van der Waals surface area contributed by atoms with Crippen LogP contribution in [0.1, 0.15) is 56.0 Å². The second kappa shape index (κ2) is 7.77. The van der Waals surface area contributed by atoms with Crippen molar-refractivity contribution in [2.75, 3.05) is 17.7 Å². The number of thioether (sulfide) groups is 1. The van der Waals surface area contributed by atoms with Gasteiger partial charge in [0, 0.05) is 12.5 Å². The Morgan fingerprint density at radius 2 is 2.15 bits per heavy atom. The van der Waals surface area contributed by atoms with Crippen molar-refractivity contribution >= 4 is 17.6 Å². The molecule has 3 nitrogen and oxygen atoms in total. The molecule has 0 spiro atoms. The minimum atomic E-state index is 0.598. The molecule has 4 heteroatoms. The first-order valence-corrected chi connectivity index (χ1v) is 9.12. The Morgan fingerprint density at radius 3 is 2.80 bits per heavy atom. The van der Waals surface area contributed by atoms with Gasteiger partial charge < -0.3 is 10.3 Å². The normalized spacial score (nSPS) is 16.4. The van der Waals surface area contributed by atoms with Crippen LogP contribution >= 0.6 is 11.8 Å². The third-order valence-electron chi connectivity index (χ3n) is 4.16. The lowest BCUT2D eigenvalue weighted by Gasteiger charge is -2.22. The Hall–Kier alpha value is -0.900. The summed E-state index contributed by atoms with van der Waals surface area (Å²) in [6.45, 7) is 4.65. The van der Waals surface area contributed by atoms with Crippen molar-refractivity contribution in [2.45, 2.75) is 57.4 Å². The third kappa shape index (κ3) is 3.60. The first-order valence-electron chi connectivity index (χ1n) is 7.72. The van der Waals surface area contributed by atoms with Crippen molar-refractivity contribution < 1.29 is 0 Å². The number of rotatable bonds is 7. The Balaban J connectivity index is 2.19. The molecule has 1 aliphatic carbocycles.